The predicted octanol–water partition coefficient (Wildman–Crippen LogP) is 4.82. The molecule has 1 amide bonds. The van der Waals surface area contributed by atoms with E-state index < -0.39 is 29.7 Å². The molecular weight excluding hydrogens is 527 g/mol. The standard InChI is InChI=1S/C27H32F3N7O3/c1-6-24(39)32-18-8-7-9-19(14-18)33-25-21(27(28,29)30)16-31-26(35-25)34-22-11-10-20(15-23(22)40-5)37(4)13-12-36(3)17(2)38/h6-11,14-17,38H,1,12-13H2,2-5H3,(H,32,39)(H2,31,33,34,35). The summed E-state index contributed by atoms with van der Waals surface area (Å²) >= 11 is 0. The first-order valence-electron chi connectivity index (χ1n) is 12.2. The van der Waals surface area contributed by atoms with Crippen molar-refractivity contribution in [3.63, 3.8) is 0 Å². The molecule has 0 radical (unpaired) electrons. The Kier molecular flexibility index (Phi) is 9.91. The maximum atomic E-state index is 13.8. The molecule has 0 bridgehead atoms. The second kappa shape index (κ2) is 13.1. The Bertz CT molecular complexity index is 1330. The third-order valence-corrected chi connectivity index (χ3v) is 5.97. The highest BCUT2D eigenvalue weighted by Crippen LogP contribution is 2.37. The van der Waals surface area contributed by atoms with E-state index in [0.29, 0.717) is 36.4 Å². The summed E-state index contributed by atoms with van der Waals surface area (Å²) in [5, 5.41) is 17.8. The van der Waals surface area contributed by atoms with Crippen molar-refractivity contribution < 1.29 is 27.8 Å². The number of hydrogen-bond donors (Lipinski definition) is 4. The van der Waals surface area contributed by atoms with E-state index in [0.717, 1.165) is 11.8 Å². The lowest BCUT2D eigenvalue weighted by atomic mass is 10.2. The number of alkyl halides is 3. The van der Waals surface area contributed by atoms with Crippen molar-refractivity contribution in [3.05, 3.63) is 66.9 Å². The first kappa shape index (κ1) is 30.2. The minimum absolute atomic E-state index is 0.0930. The lowest BCUT2D eigenvalue weighted by Crippen LogP contribution is -2.35. The third kappa shape index (κ3) is 8.07. The normalized spacial score (nSPS) is 12.0. The molecule has 0 fully saturated rings. The molecule has 0 spiro atoms. The molecule has 1 heterocycles. The molecule has 0 aliphatic rings. The monoisotopic (exact) mass is 559 g/mol. The molecular formula is C27H32F3N7O3. The molecule has 0 aliphatic heterocycles. The molecule has 40 heavy (non-hydrogen) atoms. The van der Waals surface area contributed by atoms with Crippen molar-refractivity contribution in [2.75, 3.05) is 55.1 Å². The number of carbonyl (C=O) groups excluding carboxylic acids is 1. The maximum absolute atomic E-state index is 13.8. The van der Waals surface area contributed by atoms with Crippen LogP contribution in [0.3, 0.4) is 0 Å². The molecule has 2 aromatic carbocycles. The van der Waals surface area contributed by atoms with Crippen LogP contribution in [0.25, 0.3) is 0 Å². The molecule has 3 aromatic rings. The number of likely N-dealkylation sites (N-methyl/N-ethyl adjacent to an activating group) is 2. The van der Waals surface area contributed by atoms with Gasteiger partial charge in [-0.3, -0.25) is 9.69 Å². The van der Waals surface area contributed by atoms with E-state index in [-0.39, 0.29) is 11.6 Å². The Hall–Kier alpha value is -4.36. The third-order valence-electron chi connectivity index (χ3n) is 5.97. The van der Waals surface area contributed by atoms with E-state index in [4.69, 9.17) is 4.74 Å². The van der Waals surface area contributed by atoms with E-state index in [1.165, 1.54) is 19.2 Å². The van der Waals surface area contributed by atoms with Gasteiger partial charge >= 0.3 is 6.18 Å². The number of rotatable bonds is 12. The Morgan fingerprint density at radius 1 is 1.15 bits per heavy atom. The van der Waals surface area contributed by atoms with E-state index in [9.17, 15) is 23.1 Å². The van der Waals surface area contributed by atoms with Crippen LogP contribution in [0.15, 0.2) is 61.3 Å². The number of carbonyl (C=O) groups is 1. The van der Waals surface area contributed by atoms with Crippen LogP contribution < -0.4 is 25.6 Å². The predicted molar refractivity (Wildman–Crippen MR) is 149 cm³/mol. The van der Waals surface area contributed by atoms with Gasteiger partial charge in [-0.25, -0.2) is 4.98 Å². The molecule has 1 atom stereocenters. The van der Waals surface area contributed by atoms with Crippen molar-refractivity contribution in [2.24, 2.45) is 0 Å². The van der Waals surface area contributed by atoms with Crippen molar-refractivity contribution >= 4 is 40.4 Å². The zero-order valence-electron chi connectivity index (χ0n) is 22.6. The quantitative estimate of drug-likeness (QED) is 0.183. The largest absolute Gasteiger partial charge is 0.494 e. The fourth-order valence-electron chi connectivity index (χ4n) is 3.51. The van der Waals surface area contributed by atoms with E-state index in [1.54, 1.807) is 36.1 Å². The van der Waals surface area contributed by atoms with Crippen molar-refractivity contribution in [2.45, 2.75) is 19.3 Å². The van der Waals surface area contributed by atoms with Gasteiger partial charge in [-0.05, 0) is 50.4 Å². The summed E-state index contributed by atoms with van der Waals surface area (Å²) in [4.78, 5) is 23.3. The van der Waals surface area contributed by atoms with Gasteiger partial charge in [-0.15, -0.1) is 0 Å². The molecule has 0 aliphatic carbocycles. The Labute approximate surface area is 230 Å². The molecule has 3 rings (SSSR count). The number of aliphatic hydroxyl groups excluding tert-OH is 1. The number of ether oxygens (including phenoxy) is 1. The van der Waals surface area contributed by atoms with E-state index in [2.05, 4.69) is 32.5 Å². The summed E-state index contributed by atoms with van der Waals surface area (Å²) in [6.07, 6.45) is -3.52. The van der Waals surface area contributed by atoms with E-state index in [1.807, 2.05) is 25.1 Å². The summed E-state index contributed by atoms with van der Waals surface area (Å²) in [7, 11) is 5.19. The van der Waals surface area contributed by atoms with Crippen LogP contribution in [-0.2, 0) is 11.0 Å². The lowest BCUT2D eigenvalue weighted by molar-refractivity contribution is -0.137. The van der Waals surface area contributed by atoms with Gasteiger partial charge in [0.15, 0.2) is 0 Å². The number of nitrogens with zero attached hydrogens (tertiary/aromatic N) is 4. The summed E-state index contributed by atoms with van der Waals surface area (Å²) in [5.41, 5.74) is 0.845. The van der Waals surface area contributed by atoms with Gasteiger partial charge in [0.1, 0.15) is 23.4 Å². The minimum Gasteiger partial charge on any atom is -0.494 e. The van der Waals surface area contributed by atoms with Crippen LogP contribution in [0.2, 0.25) is 0 Å². The number of aromatic nitrogens is 2. The molecule has 1 unspecified atom stereocenters. The first-order valence-corrected chi connectivity index (χ1v) is 12.2. The van der Waals surface area contributed by atoms with Crippen molar-refractivity contribution in [1.82, 2.24) is 14.9 Å². The number of hydrogen-bond acceptors (Lipinski definition) is 9. The van der Waals surface area contributed by atoms with Crippen LogP contribution >= 0.6 is 0 Å². The molecule has 1 aromatic heterocycles. The number of nitrogens with one attached hydrogen (secondary N) is 3. The topological polar surface area (TPSA) is 115 Å². The van der Waals surface area contributed by atoms with Gasteiger partial charge in [0.05, 0.1) is 12.8 Å². The molecule has 10 nitrogen and oxygen atoms in total. The molecule has 0 saturated heterocycles. The minimum atomic E-state index is -4.72. The van der Waals surface area contributed by atoms with Crippen LogP contribution in [0.1, 0.15) is 12.5 Å². The Morgan fingerprint density at radius 2 is 1.88 bits per heavy atom. The number of methoxy groups -OCH3 is 1. The van der Waals surface area contributed by atoms with Crippen molar-refractivity contribution in [1.29, 1.82) is 0 Å². The highest BCUT2D eigenvalue weighted by Gasteiger charge is 2.35. The Morgan fingerprint density at radius 3 is 2.52 bits per heavy atom. The summed E-state index contributed by atoms with van der Waals surface area (Å²) < 4.78 is 46.8. The number of aliphatic hydroxyl groups is 1. The van der Waals surface area contributed by atoms with Crippen molar-refractivity contribution in [3.8, 4) is 5.75 Å². The number of anilines is 6. The number of halogens is 3. The van der Waals surface area contributed by atoms with Crippen LogP contribution in [0, 0.1) is 0 Å². The van der Waals surface area contributed by atoms with Gasteiger partial charge in [0.25, 0.3) is 0 Å². The van der Waals surface area contributed by atoms with Crippen LogP contribution in [0.5, 0.6) is 5.75 Å². The highest BCUT2D eigenvalue weighted by atomic mass is 19.4. The maximum Gasteiger partial charge on any atom is 0.421 e. The second-order valence-corrected chi connectivity index (χ2v) is 8.90. The Balaban J connectivity index is 1.85. The smallest absolute Gasteiger partial charge is 0.421 e. The highest BCUT2D eigenvalue weighted by molar-refractivity contribution is 5.99. The average molecular weight is 560 g/mol. The molecule has 13 heteroatoms. The second-order valence-electron chi connectivity index (χ2n) is 8.90. The SMILES string of the molecule is C=CC(=O)Nc1cccc(Nc2nc(Nc3ccc(N(C)CCN(C)C(C)O)cc3OC)ncc2C(F)(F)F)c1. The zero-order chi connectivity index (χ0) is 29.4. The lowest BCUT2D eigenvalue weighted by Gasteiger charge is -2.26. The fraction of sp³-hybridized carbons (Fsp3) is 0.296. The fourth-order valence-corrected chi connectivity index (χ4v) is 3.51. The van der Waals surface area contributed by atoms with Crippen LogP contribution in [0.4, 0.5) is 47.7 Å². The van der Waals surface area contributed by atoms with Gasteiger partial charge in [-0.1, -0.05) is 12.6 Å². The molecule has 0 saturated carbocycles. The summed E-state index contributed by atoms with van der Waals surface area (Å²) in [5.74, 6) is -0.601. The van der Waals surface area contributed by atoms with Gasteiger partial charge in [0, 0.05) is 49.5 Å². The number of amides is 1. The zero-order valence-corrected chi connectivity index (χ0v) is 22.6. The van der Waals surface area contributed by atoms with Gasteiger partial charge in [0.2, 0.25) is 11.9 Å². The first-order chi connectivity index (χ1) is 18.9. The van der Waals surface area contributed by atoms with Gasteiger partial charge in [-0.2, -0.15) is 18.2 Å². The summed E-state index contributed by atoms with van der Waals surface area (Å²) in [6.45, 7) is 6.32. The number of benzene rings is 2. The van der Waals surface area contributed by atoms with Gasteiger partial charge < -0.3 is 30.7 Å². The van der Waals surface area contributed by atoms with E-state index >= 15 is 0 Å². The molecule has 214 valence electrons. The average Bonchev–Trinajstić information content (AvgIpc) is 2.91. The van der Waals surface area contributed by atoms with Crippen LogP contribution in [-0.4, -0.2) is 66.4 Å². The summed E-state index contributed by atoms with van der Waals surface area (Å²) in [6, 6.07) is 11.5. The molecule has 4 N–H and O–H groups in total.